The molecule has 3 amide bonds. The molecule has 1 aromatic carbocycles. The van der Waals surface area contributed by atoms with Gasteiger partial charge in [-0.15, -0.1) is 0 Å². The van der Waals surface area contributed by atoms with Crippen LogP contribution in [0.2, 0.25) is 0 Å². The number of benzene rings is 1. The van der Waals surface area contributed by atoms with Crippen molar-refractivity contribution in [3.8, 4) is 5.75 Å². The van der Waals surface area contributed by atoms with Gasteiger partial charge in [0, 0.05) is 32.6 Å². The highest BCUT2D eigenvalue weighted by molar-refractivity contribution is 5.76. The van der Waals surface area contributed by atoms with Crippen molar-refractivity contribution in [1.82, 2.24) is 15.5 Å². The minimum atomic E-state index is -0.850. The van der Waals surface area contributed by atoms with Crippen molar-refractivity contribution >= 4 is 11.9 Å². The summed E-state index contributed by atoms with van der Waals surface area (Å²) in [6.45, 7) is 2.80. The molecule has 3 aliphatic heterocycles. The maximum atomic E-state index is 12.3. The van der Waals surface area contributed by atoms with Crippen molar-refractivity contribution in [2.45, 2.75) is 49.9 Å². The minimum Gasteiger partial charge on any atom is -0.497 e. The molecular formula is C22H31N3O7. The lowest BCUT2D eigenvalue weighted by Crippen LogP contribution is -2.49. The summed E-state index contributed by atoms with van der Waals surface area (Å²) >= 11 is 0. The number of fused-ring (bicyclic) bond motifs is 1. The van der Waals surface area contributed by atoms with Crippen LogP contribution in [0.1, 0.15) is 18.4 Å². The highest BCUT2D eigenvalue weighted by Crippen LogP contribution is 2.35. The molecular weight excluding hydrogens is 418 g/mol. The average Bonchev–Trinajstić information content (AvgIpc) is 3.34. The first-order valence-electron chi connectivity index (χ1n) is 11.0. The maximum absolute atomic E-state index is 12.3. The van der Waals surface area contributed by atoms with E-state index in [9.17, 15) is 14.7 Å². The topological polar surface area (TPSA) is 119 Å². The van der Waals surface area contributed by atoms with Crippen LogP contribution in [-0.2, 0) is 25.5 Å². The van der Waals surface area contributed by atoms with E-state index in [1.54, 1.807) is 12.0 Å². The van der Waals surface area contributed by atoms with Crippen LogP contribution in [0.15, 0.2) is 24.3 Å². The molecule has 5 atom stereocenters. The van der Waals surface area contributed by atoms with Crippen molar-refractivity contribution in [2.24, 2.45) is 0 Å². The van der Waals surface area contributed by atoms with E-state index in [1.165, 1.54) is 0 Å². The van der Waals surface area contributed by atoms with Crippen LogP contribution >= 0.6 is 0 Å². The Morgan fingerprint density at radius 2 is 1.91 bits per heavy atom. The third-order valence-electron chi connectivity index (χ3n) is 6.09. The Labute approximate surface area is 187 Å². The first kappa shape index (κ1) is 22.8. The second-order valence-corrected chi connectivity index (χ2v) is 8.28. The van der Waals surface area contributed by atoms with Gasteiger partial charge in [-0.3, -0.25) is 4.79 Å². The van der Waals surface area contributed by atoms with E-state index in [0.717, 1.165) is 11.3 Å². The highest BCUT2D eigenvalue weighted by atomic mass is 16.6. The first-order chi connectivity index (χ1) is 15.5. The summed E-state index contributed by atoms with van der Waals surface area (Å²) in [5.74, 6) is 0.651. The number of nitrogens with one attached hydrogen (secondary N) is 2. The van der Waals surface area contributed by atoms with E-state index in [-0.39, 0.29) is 37.1 Å². The predicted molar refractivity (Wildman–Crippen MR) is 113 cm³/mol. The van der Waals surface area contributed by atoms with Crippen molar-refractivity contribution < 1.29 is 33.6 Å². The normalized spacial score (nSPS) is 29.4. The Morgan fingerprint density at radius 3 is 2.59 bits per heavy atom. The number of rotatable bonds is 7. The van der Waals surface area contributed by atoms with E-state index >= 15 is 0 Å². The fraction of sp³-hybridized carbons (Fsp3) is 0.636. The Kier molecular flexibility index (Phi) is 7.46. The lowest BCUT2D eigenvalue weighted by Gasteiger charge is -2.28. The quantitative estimate of drug-likeness (QED) is 0.537. The number of hydrogen-bond acceptors (Lipinski definition) is 7. The predicted octanol–water partition coefficient (Wildman–Crippen LogP) is 0.0291. The second-order valence-electron chi connectivity index (χ2n) is 8.28. The van der Waals surface area contributed by atoms with Gasteiger partial charge >= 0.3 is 6.03 Å². The molecule has 3 fully saturated rings. The van der Waals surface area contributed by atoms with Crippen LogP contribution in [0.3, 0.4) is 0 Å². The van der Waals surface area contributed by atoms with Gasteiger partial charge in [0.15, 0.2) is 0 Å². The minimum absolute atomic E-state index is 0.116. The third-order valence-corrected chi connectivity index (χ3v) is 6.09. The number of methoxy groups -OCH3 is 1. The summed E-state index contributed by atoms with van der Waals surface area (Å²) in [5, 5.41) is 16.3. The Balaban J connectivity index is 1.17. The molecule has 0 unspecified atom stereocenters. The van der Waals surface area contributed by atoms with E-state index in [2.05, 4.69) is 10.6 Å². The van der Waals surface area contributed by atoms with E-state index in [4.69, 9.17) is 18.9 Å². The maximum Gasteiger partial charge on any atom is 0.317 e. The molecule has 176 valence electrons. The summed E-state index contributed by atoms with van der Waals surface area (Å²) in [6.07, 6.45) is -1.71. The Bertz CT molecular complexity index is 784. The summed E-state index contributed by atoms with van der Waals surface area (Å²) < 4.78 is 22.2. The zero-order chi connectivity index (χ0) is 22.5. The van der Waals surface area contributed by atoms with Gasteiger partial charge in [-0.1, -0.05) is 12.1 Å². The molecule has 0 radical (unpaired) electrons. The summed E-state index contributed by atoms with van der Waals surface area (Å²) in [6, 6.07) is 7.31. The summed E-state index contributed by atoms with van der Waals surface area (Å²) in [7, 11) is 1.61. The molecule has 3 N–H and O–H groups in total. The van der Waals surface area contributed by atoms with Crippen LogP contribution in [0.25, 0.3) is 0 Å². The Hall–Kier alpha value is -2.40. The first-order valence-corrected chi connectivity index (χ1v) is 11.0. The molecule has 32 heavy (non-hydrogen) atoms. The van der Waals surface area contributed by atoms with Crippen molar-refractivity contribution in [1.29, 1.82) is 0 Å². The average molecular weight is 450 g/mol. The number of amides is 3. The van der Waals surface area contributed by atoms with Gasteiger partial charge < -0.3 is 39.6 Å². The van der Waals surface area contributed by atoms with Crippen LogP contribution in [0, 0.1) is 0 Å². The highest BCUT2D eigenvalue weighted by Gasteiger charge is 2.50. The Morgan fingerprint density at radius 1 is 1.16 bits per heavy atom. The number of aliphatic hydroxyl groups excluding tert-OH is 1. The summed E-state index contributed by atoms with van der Waals surface area (Å²) in [5.41, 5.74) is 0.976. The molecule has 1 aromatic rings. The molecule has 10 nitrogen and oxygen atoms in total. The number of ether oxygens (including phenoxy) is 4. The van der Waals surface area contributed by atoms with E-state index in [1.807, 2.05) is 24.3 Å². The molecule has 3 aliphatic rings. The lowest BCUT2D eigenvalue weighted by molar-refractivity contribution is -0.124. The molecule has 3 saturated heterocycles. The molecule has 3 heterocycles. The molecule has 4 rings (SSSR count). The van der Waals surface area contributed by atoms with E-state index < -0.39 is 18.3 Å². The van der Waals surface area contributed by atoms with Gasteiger partial charge in [0.25, 0.3) is 0 Å². The molecule has 0 bridgehead atoms. The largest absolute Gasteiger partial charge is 0.497 e. The molecule has 0 aromatic heterocycles. The molecule has 0 aliphatic carbocycles. The van der Waals surface area contributed by atoms with Crippen LogP contribution in [0.4, 0.5) is 4.79 Å². The molecule has 10 heteroatoms. The number of morpholine rings is 1. The van der Waals surface area contributed by atoms with Crippen LogP contribution in [0.5, 0.6) is 5.75 Å². The van der Waals surface area contributed by atoms with Crippen molar-refractivity contribution in [3.63, 3.8) is 0 Å². The monoisotopic (exact) mass is 449 g/mol. The van der Waals surface area contributed by atoms with Crippen LogP contribution in [-0.4, -0.2) is 92.4 Å². The number of carbonyl (C=O) groups is 2. The number of urea groups is 1. The SMILES string of the molecule is COc1ccc(CNC(=O)C[C@@H]2C[C@H]3O[C@H](CNC(=O)N4CCOCC4)[C@@H](O)[C@H]3O2)cc1. The van der Waals surface area contributed by atoms with Crippen molar-refractivity contribution in [2.75, 3.05) is 40.0 Å². The number of nitrogens with zero attached hydrogens (tertiary/aromatic N) is 1. The van der Waals surface area contributed by atoms with E-state index in [0.29, 0.717) is 39.3 Å². The van der Waals surface area contributed by atoms with Gasteiger partial charge in [-0.05, 0) is 17.7 Å². The number of aliphatic hydroxyl groups is 1. The third kappa shape index (κ3) is 5.50. The van der Waals surface area contributed by atoms with Gasteiger partial charge in [0.1, 0.15) is 24.1 Å². The zero-order valence-electron chi connectivity index (χ0n) is 18.2. The fourth-order valence-corrected chi connectivity index (χ4v) is 4.30. The number of carbonyl (C=O) groups excluding carboxylic acids is 2. The molecule has 0 spiro atoms. The van der Waals surface area contributed by atoms with Gasteiger partial charge in [0.2, 0.25) is 5.91 Å². The number of hydrogen-bond donors (Lipinski definition) is 3. The molecule has 0 saturated carbocycles. The van der Waals surface area contributed by atoms with Crippen molar-refractivity contribution in [3.05, 3.63) is 29.8 Å². The fourth-order valence-electron chi connectivity index (χ4n) is 4.30. The second kappa shape index (κ2) is 10.5. The lowest BCUT2D eigenvalue weighted by atomic mass is 10.1. The van der Waals surface area contributed by atoms with Gasteiger partial charge in [0.05, 0.1) is 39.0 Å². The van der Waals surface area contributed by atoms with Gasteiger partial charge in [-0.2, -0.15) is 0 Å². The smallest absolute Gasteiger partial charge is 0.317 e. The standard InChI is InChI=1S/C22H31N3O7/c1-29-15-4-2-14(3-5-15)12-23-19(26)11-16-10-17-21(31-16)20(27)18(32-17)13-24-22(28)25-6-8-30-9-7-25/h2-5,16-18,20-21,27H,6-13H2,1H3,(H,23,26)(H,24,28)/t16-,17+,18+,20+,21-/m0/s1. The van der Waals surface area contributed by atoms with Crippen LogP contribution < -0.4 is 15.4 Å². The zero-order valence-corrected chi connectivity index (χ0v) is 18.2. The summed E-state index contributed by atoms with van der Waals surface area (Å²) in [4.78, 5) is 26.2. The van der Waals surface area contributed by atoms with Gasteiger partial charge in [-0.25, -0.2) is 4.79 Å².